The Hall–Kier alpha value is -2.41. The number of nitrogens with one attached hydrogen (secondary N) is 1. The third-order valence-corrected chi connectivity index (χ3v) is 2.12. The molecule has 0 aliphatic rings. The summed E-state index contributed by atoms with van der Waals surface area (Å²) in [6, 6.07) is 9.53. The average molecular weight is 210 g/mol. The maximum Gasteiger partial charge on any atom is 0.163 e. The molecular formula is C12H10N4. The van der Waals surface area contributed by atoms with E-state index in [1.807, 2.05) is 24.3 Å². The van der Waals surface area contributed by atoms with Crippen molar-refractivity contribution in [3.8, 4) is 6.07 Å². The summed E-state index contributed by atoms with van der Waals surface area (Å²) in [5, 5.41) is 12.0. The van der Waals surface area contributed by atoms with Crippen LogP contribution >= 0.6 is 0 Å². The second-order valence-corrected chi connectivity index (χ2v) is 3.23. The molecule has 0 unspecified atom stereocenters. The molecule has 0 spiro atoms. The normalized spacial score (nSPS) is 9.44. The van der Waals surface area contributed by atoms with Gasteiger partial charge in [0.15, 0.2) is 5.69 Å². The Morgan fingerprint density at radius 1 is 1.25 bits per heavy atom. The van der Waals surface area contributed by atoms with Gasteiger partial charge in [-0.25, -0.2) is 4.98 Å². The Morgan fingerprint density at radius 3 is 2.88 bits per heavy atom. The first-order valence-electron chi connectivity index (χ1n) is 4.88. The maximum atomic E-state index is 8.85. The Bertz CT molecular complexity index is 502. The second-order valence-electron chi connectivity index (χ2n) is 3.23. The smallest absolute Gasteiger partial charge is 0.163 e. The van der Waals surface area contributed by atoms with Crippen LogP contribution in [0.3, 0.4) is 0 Å². The molecule has 16 heavy (non-hydrogen) atoms. The first kappa shape index (κ1) is 10.1. The van der Waals surface area contributed by atoms with E-state index in [1.54, 1.807) is 24.7 Å². The van der Waals surface area contributed by atoms with Gasteiger partial charge in [-0.3, -0.25) is 4.98 Å². The summed E-state index contributed by atoms with van der Waals surface area (Å²) in [5.41, 5.74) is 2.22. The number of hydrogen-bond donors (Lipinski definition) is 1. The summed E-state index contributed by atoms with van der Waals surface area (Å²) in [4.78, 5) is 7.99. The Kier molecular flexibility index (Phi) is 3.10. The van der Waals surface area contributed by atoms with Crippen LogP contribution in [0.15, 0.2) is 42.9 Å². The highest BCUT2D eigenvalue weighted by Gasteiger charge is 2.00. The fourth-order valence-electron chi connectivity index (χ4n) is 1.34. The van der Waals surface area contributed by atoms with E-state index in [9.17, 15) is 0 Å². The lowest BCUT2D eigenvalue weighted by Gasteiger charge is -2.06. The van der Waals surface area contributed by atoms with Crippen LogP contribution < -0.4 is 5.32 Å². The van der Waals surface area contributed by atoms with E-state index in [-0.39, 0.29) is 0 Å². The van der Waals surface area contributed by atoms with E-state index in [0.29, 0.717) is 12.2 Å². The van der Waals surface area contributed by atoms with Gasteiger partial charge in [0.25, 0.3) is 0 Å². The predicted octanol–water partition coefficient (Wildman–Crippen LogP) is 1.96. The molecule has 2 aromatic rings. The van der Waals surface area contributed by atoms with Crippen LogP contribution in [-0.4, -0.2) is 9.97 Å². The molecule has 1 N–H and O–H groups in total. The Labute approximate surface area is 93.6 Å². The first-order valence-corrected chi connectivity index (χ1v) is 4.88. The molecule has 0 radical (unpaired) electrons. The molecule has 4 heteroatoms. The standard InChI is InChI=1S/C12H10N4/c13-7-12-11(4-2-6-15-12)16-9-10-3-1-5-14-8-10/h1-6,8,16H,9H2. The number of nitrogens with zero attached hydrogens (tertiary/aromatic N) is 3. The zero-order chi connectivity index (χ0) is 11.2. The average Bonchev–Trinajstić information content (AvgIpc) is 2.38. The highest BCUT2D eigenvalue weighted by molar-refractivity contribution is 5.53. The van der Waals surface area contributed by atoms with Gasteiger partial charge in [-0.2, -0.15) is 5.26 Å². The van der Waals surface area contributed by atoms with E-state index in [1.165, 1.54) is 0 Å². The van der Waals surface area contributed by atoms with E-state index in [4.69, 9.17) is 5.26 Å². The van der Waals surface area contributed by atoms with E-state index < -0.39 is 0 Å². The van der Waals surface area contributed by atoms with Crippen molar-refractivity contribution in [3.05, 3.63) is 54.1 Å². The van der Waals surface area contributed by atoms with Crippen molar-refractivity contribution in [2.45, 2.75) is 6.54 Å². The molecule has 0 amide bonds. The molecule has 0 aromatic carbocycles. The number of hydrogen-bond acceptors (Lipinski definition) is 4. The van der Waals surface area contributed by atoms with Crippen LogP contribution in [0.1, 0.15) is 11.3 Å². The van der Waals surface area contributed by atoms with Crippen molar-refractivity contribution >= 4 is 5.69 Å². The zero-order valence-corrected chi connectivity index (χ0v) is 8.59. The number of rotatable bonds is 3. The molecule has 2 heterocycles. The summed E-state index contributed by atoms with van der Waals surface area (Å²) in [6.07, 6.45) is 5.12. The summed E-state index contributed by atoms with van der Waals surface area (Å²) in [7, 11) is 0. The maximum absolute atomic E-state index is 8.85. The van der Waals surface area contributed by atoms with Crippen LogP contribution in [0.2, 0.25) is 0 Å². The van der Waals surface area contributed by atoms with Crippen molar-refractivity contribution < 1.29 is 0 Å². The van der Waals surface area contributed by atoms with Gasteiger partial charge in [0, 0.05) is 25.1 Å². The van der Waals surface area contributed by atoms with Crippen molar-refractivity contribution in [1.82, 2.24) is 9.97 Å². The molecule has 0 fully saturated rings. The highest BCUT2D eigenvalue weighted by atomic mass is 14.9. The van der Waals surface area contributed by atoms with Gasteiger partial charge >= 0.3 is 0 Å². The topological polar surface area (TPSA) is 61.6 Å². The Morgan fingerprint density at radius 2 is 2.12 bits per heavy atom. The highest BCUT2D eigenvalue weighted by Crippen LogP contribution is 2.11. The Balaban J connectivity index is 2.09. The predicted molar refractivity (Wildman–Crippen MR) is 60.5 cm³/mol. The third-order valence-electron chi connectivity index (χ3n) is 2.12. The van der Waals surface area contributed by atoms with Crippen molar-refractivity contribution in [2.75, 3.05) is 5.32 Å². The van der Waals surface area contributed by atoms with Gasteiger partial charge in [-0.1, -0.05) is 6.07 Å². The minimum Gasteiger partial charge on any atom is -0.379 e. The van der Waals surface area contributed by atoms with Crippen LogP contribution in [-0.2, 0) is 6.54 Å². The van der Waals surface area contributed by atoms with E-state index >= 15 is 0 Å². The van der Waals surface area contributed by atoms with Crippen LogP contribution in [0.4, 0.5) is 5.69 Å². The van der Waals surface area contributed by atoms with Crippen molar-refractivity contribution in [2.24, 2.45) is 0 Å². The number of anilines is 1. The number of pyridine rings is 2. The minimum atomic E-state index is 0.409. The van der Waals surface area contributed by atoms with Gasteiger partial charge < -0.3 is 5.32 Å². The monoisotopic (exact) mass is 210 g/mol. The van der Waals surface area contributed by atoms with Gasteiger partial charge in [0.1, 0.15) is 6.07 Å². The molecule has 0 aliphatic heterocycles. The SMILES string of the molecule is N#Cc1ncccc1NCc1cccnc1. The first-order chi connectivity index (χ1) is 7.90. The molecule has 4 nitrogen and oxygen atoms in total. The van der Waals surface area contributed by atoms with Gasteiger partial charge in [0.05, 0.1) is 5.69 Å². The van der Waals surface area contributed by atoms with E-state index in [2.05, 4.69) is 15.3 Å². The van der Waals surface area contributed by atoms with Gasteiger partial charge in [-0.15, -0.1) is 0 Å². The van der Waals surface area contributed by atoms with E-state index in [0.717, 1.165) is 11.3 Å². The lowest BCUT2D eigenvalue weighted by Crippen LogP contribution is -2.02. The lowest BCUT2D eigenvalue weighted by molar-refractivity contribution is 1.10. The summed E-state index contributed by atoms with van der Waals surface area (Å²) in [5.74, 6) is 0. The quantitative estimate of drug-likeness (QED) is 0.841. The molecule has 0 atom stereocenters. The summed E-state index contributed by atoms with van der Waals surface area (Å²) in [6.45, 7) is 0.633. The summed E-state index contributed by atoms with van der Waals surface area (Å²) >= 11 is 0. The molecule has 2 aromatic heterocycles. The summed E-state index contributed by atoms with van der Waals surface area (Å²) < 4.78 is 0. The fourth-order valence-corrected chi connectivity index (χ4v) is 1.34. The lowest BCUT2D eigenvalue weighted by atomic mass is 10.2. The minimum absolute atomic E-state index is 0.409. The molecule has 0 aliphatic carbocycles. The van der Waals surface area contributed by atoms with Crippen LogP contribution in [0, 0.1) is 11.3 Å². The molecular weight excluding hydrogens is 200 g/mol. The van der Waals surface area contributed by atoms with Crippen LogP contribution in [0.5, 0.6) is 0 Å². The molecule has 0 bridgehead atoms. The number of aromatic nitrogens is 2. The molecule has 0 saturated heterocycles. The zero-order valence-electron chi connectivity index (χ0n) is 8.59. The third kappa shape index (κ3) is 2.34. The van der Waals surface area contributed by atoms with Crippen LogP contribution in [0.25, 0.3) is 0 Å². The molecule has 0 saturated carbocycles. The molecule has 2 rings (SSSR count). The van der Waals surface area contributed by atoms with Gasteiger partial charge in [0.2, 0.25) is 0 Å². The largest absolute Gasteiger partial charge is 0.379 e. The van der Waals surface area contributed by atoms with Gasteiger partial charge in [-0.05, 0) is 23.8 Å². The van der Waals surface area contributed by atoms with Crippen molar-refractivity contribution in [1.29, 1.82) is 5.26 Å². The molecule has 78 valence electrons. The second kappa shape index (κ2) is 4.89. The fraction of sp³-hybridized carbons (Fsp3) is 0.0833. The van der Waals surface area contributed by atoms with Crippen molar-refractivity contribution in [3.63, 3.8) is 0 Å². The number of nitriles is 1.